The lowest BCUT2D eigenvalue weighted by atomic mass is 9.77. The van der Waals surface area contributed by atoms with Crippen LogP contribution in [0.5, 0.6) is 0 Å². The Bertz CT molecular complexity index is 1280. The largest absolute Gasteiger partial charge is 0.0995 e. The molecule has 0 radical (unpaired) electrons. The van der Waals surface area contributed by atoms with E-state index in [-0.39, 0.29) is 5.41 Å². The fourth-order valence-corrected chi connectivity index (χ4v) is 5.64. The van der Waals surface area contributed by atoms with E-state index in [9.17, 15) is 0 Å². The van der Waals surface area contributed by atoms with Crippen molar-refractivity contribution in [3.8, 4) is 0 Å². The zero-order valence-electron chi connectivity index (χ0n) is 29.6. The SMILES string of the molecule is C=C(C)C(C)C1=CC=C(C)C1.CC(C)(C)CC1=CCCC=C1.CC(C)(C)Cc1cccc(C(C)(C)Cc2ccccc2)c1. The minimum Gasteiger partial charge on any atom is -0.0995 e. The topological polar surface area (TPSA) is 0 Å². The van der Waals surface area contributed by atoms with E-state index in [1.807, 2.05) is 0 Å². The third kappa shape index (κ3) is 14.4. The normalized spacial score (nSPS) is 15.7. The summed E-state index contributed by atoms with van der Waals surface area (Å²) in [5, 5.41) is 0. The van der Waals surface area contributed by atoms with E-state index in [0.717, 1.165) is 19.3 Å². The molecule has 0 bridgehead atoms. The van der Waals surface area contributed by atoms with E-state index in [1.165, 1.54) is 58.2 Å². The molecule has 0 N–H and O–H groups in total. The summed E-state index contributed by atoms with van der Waals surface area (Å²) < 4.78 is 0. The van der Waals surface area contributed by atoms with Gasteiger partial charge in [-0.05, 0) is 91.2 Å². The molecule has 0 nitrogen and oxygen atoms in total. The van der Waals surface area contributed by atoms with Gasteiger partial charge in [-0.2, -0.15) is 0 Å². The Labute approximate surface area is 266 Å². The standard InChI is InChI=1S/C21H28.C11H16.C11H18/c1-20(2,3)15-18-12-9-13-19(14-18)21(4,5)16-17-10-7-6-8-11-17;1-8(2)10(4)11-6-5-9(3)7-11;1-11(2,3)9-10-7-5-4-6-8-10/h6-14H,15-16H2,1-5H3;5-6,10H,1,7H2,2-4H3;5,7-8H,4,6,9H2,1-3H3. The molecule has 0 amide bonds. The van der Waals surface area contributed by atoms with Crippen molar-refractivity contribution in [1.82, 2.24) is 0 Å². The predicted octanol–water partition coefficient (Wildman–Crippen LogP) is 13.0. The molecule has 0 heteroatoms. The van der Waals surface area contributed by atoms with Crippen LogP contribution in [-0.2, 0) is 18.3 Å². The average Bonchev–Trinajstić information content (AvgIpc) is 3.34. The lowest BCUT2D eigenvalue weighted by molar-refractivity contribution is 0.410. The van der Waals surface area contributed by atoms with E-state index in [4.69, 9.17) is 0 Å². The van der Waals surface area contributed by atoms with Crippen LogP contribution < -0.4 is 0 Å². The number of hydrogen-bond donors (Lipinski definition) is 0. The monoisotopic (exact) mass is 578 g/mol. The number of rotatable bonds is 7. The molecule has 0 fully saturated rings. The zero-order chi connectivity index (χ0) is 32.3. The first-order chi connectivity index (χ1) is 19.9. The second-order valence-electron chi connectivity index (χ2n) is 16.0. The van der Waals surface area contributed by atoms with Gasteiger partial charge < -0.3 is 0 Å². The van der Waals surface area contributed by atoms with Crippen molar-refractivity contribution in [1.29, 1.82) is 0 Å². The van der Waals surface area contributed by atoms with Gasteiger partial charge in [0.15, 0.2) is 0 Å². The summed E-state index contributed by atoms with van der Waals surface area (Å²) in [5.74, 6) is 0.559. The second-order valence-corrected chi connectivity index (χ2v) is 16.0. The number of hydrogen-bond acceptors (Lipinski definition) is 0. The molecule has 0 saturated heterocycles. The molecule has 0 aliphatic heterocycles. The maximum absolute atomic E-state index is 3.96. The summed E-state index contributed by atoms with van der Waals surface area (Å²) in [5.41, 5.74) is 11.0. The first-order valence-corrected chi connectivity index (χ1v) is 16.5. The molecule has 2 aliphatic rings. The van der Waals surface area contributed by atoms with E-state index in [1.54, 1.807) is 0 Å². The van der Waals surface area contributed by atoms with E-state index in [0.29, 0.717) is 16.7 Å². The highest BCUT2D eigenvalue weighted by atomic mass is 14.3. The molecular formula is C43H62. The third-order valence-corrected chi connectivity index (χ3v) is 8.10. The molecule has 4 rings (SSSR count). The maximum Gasteiger partial charge on any atom is -0.00206 e. The summed E-state index contributed by atoms with van der Waals surface area (Å²) in [7, 11) is 0. The van der Waals surface area contributed by atoms with Gasteiger partial charge in [-0.3, -0.25) is 0 Å². The van der Waals surface area contributed by atoms with Crippen LogP contribution >= 0.6 is 0 Å². The summed E-state index contributed by atoms with van der Waals surface area (Å²) >= 11 is 0. The first kappa shape index (κ1) is 36.3. The molecule has 1 unspecified atom stereocenters. The van der Waals surface area contributed by atoms with Crippen LogP contribution in [0, 0.1) is 16.7 Å². The molecule has 0 spiro atoms. The quantitative estimate of drug-likeness (QED) is 0.287. The van der Waals surface area contributed by atoms with Gasteiger partial charge in [0.05, 0.1) is 0 Å². The van der Waals surface area contributed by atoms with E-state index < -0.39 is 0 Å². The molecule has 43 heavy (non-hydrogen) atoms. The molecule has 0 aromatic heterocycles. The predicted molar refractivity (Wildman–Crippen MR) is 194 cm³/mol. The van der Waals surface area contributed by atoms with Crippen molar-refractivity contribution in [3.63, 3.8) is 0 Å². The van der Waals surface area contributed by atoms with Crippen LogP contribution in [0.15, 0.2) is 114 Å². The lowest BCUT2D eigenvalue weighted by Crippen LogP contribution is -2.21. The highest BCUT2D eigenvalue weighted by Crippen LogP contribution is 2.31. The summed E-state index contributed by atoms with van der Waals surface area (Å²) in [6, 6.07) is 19.9. The fourth-order valence-electron chi connectivity index (χ4n) is 5.64. The Morgan fingerprint density at radius 3 is 1.91 bits per heavy atom. The summed E-state index contributed by atoms with van der Waals surface area (Å²) in [4.78, 5) is 0. The number of allylic oxidation sites excluding steroid dienone is 9. The van der Waals surface area contributed by atoms with Crippen molar-refractivity contribution in [2.45, 2.75) is 120 Å². The fraction of sp³-hybridized carbons (Fsp3) is 0.488. The average molecular weight is 579 g/mol. The van der Waals surface area contributed by atoms with Gasteiger partial charge in [0, 0.05) is 0 Å². The minimum atomic E-state index is 0.162. The number of benzene rings is 2. The molecule has 234 valence electrons. The van der Waals surface area contributed by atoms with Crippen LogP contribution in [0.1, 0.15) is 119 Å². The van der Waals surface area contributed by atoms with Gasteiger partial charge in [-0.15, -0.1) is 0 Å². The first-order valence-electron chi connectivity index (χ1n) is 16.5. The Morgan fingerprint density at radius 2 is 1.40 bits per heavy atom. The molecular weight excluding hydrogens is 516 g/mol. The van der Waals surface area contributed by atoms with Crippen LogP contribution in [0.3, 0.4) is 0 Å². The maximum atomic E-state index is 3.96. The molecule has 0 saturated carbocycles. The van der Waals surface area contributed by atoms with Gasteiger partial charge in [0.2, 0.25) is 0 Å². The summed E-state index contributed by atoms with van der Waals surface area (Å²) in [6.07, 6.45) is 18.4. The Morgan fingerprint density at radius 1 is 0.767 bits per heavy atom. The molecule has 0 heterocycles. The molecule has 2 aliphatic carbocycles. The Hall–Kier alpha value is -2.86. The highest BCUT2D eigenvalue weighted by molar-refractivity contribution is 5.34. The second kappa shape index (κ2) is 16.3. The smallest absolute Gasteiger partial charge is 0.00206 e. The van der Waals surface area contributed by atoms with E-state index in [2.05, 4.69) is 168 Å². The van der Waals surface area contributed by atoms with Gasteiger partial charge in [-0.25, -0.2) is 0 Å². The molecule has 2 aromatic rings. The van der Waals surface area contributed by atoms with Gasteiger partial charge in [-0.1, -0.05) is 176 Å². The van der Waals surface area contributed by atoms with Crippen LogP contribution in [0.4, 0.5) is 0 Å². The van der Waals surface area contributed by atoms with Gasteiger partial charge in [0.25, 0.3) is 0 Å². The third-order valence-electron chi connectivity index (χ3n) is 8.10. The zero-order valence-corrected chi connectivity index (χ0v) is 29.6. The van der Waals surface area contributed by atoms with Crippen LogP contribution in [0.2, 0.25) is 0 Å². The Kier molecular flexibility index (Phi) is 13.8. The minimum absolute atomic E-state index is 0.162. The van der Waals surface area contributed by atoms with Crippen molar-refractivity contribution in [2.75, 3.05) is 0 Å². The summed E-state index contributed by atoms with van der Waals surface area (Å²) in [6.45, 7) is 28.9. The van der Waals surface area contributed by atoms with Crippen LogP contribution in [-0.4, -0.2) is 0 Å². The lowest BCUT2D eigenvalue weighted by Gasteiger charge is -2.27. The van der Waals surface area contributed by atoms with Crippen molar-refractivity contribution < 1.29 is 0 Å². The highest BCUT2D eigenvalue weighted by Gasteiger charge is 2.22. The van der Waals surface area contributed by atoms with Crippen LogP contribution in [0.25, 0.3) is 0 Å². The Balaban J connectivity index is 0.000000247. The van der Waals surface area contributed by atoms with E-state index >= 15 is 0 Å². The van der Waals surface area contributed by atoms with Gasteiger partial charge >= 0.3 is 0 Å². The van der Waals surface area contributed by atoms with Crippen molar-refractivity contribution >= 4 is 0 Å². The molecule has 2 aromatic carbocycles. The molecule has 1 atom stereocenters. The van der Waals surface area contributed by atoms with Gasteiger partial charge in [0.1, 0.15) is 0 Å². The van der Waals surface area contributed by atoms with Crippen molar-refractivity contribution in [2.24, 2.45) is 16.7 Å². The van der Waals surface area contributed by atoms with Crippen molar-refractivity contribution in [3.05, 3.63) is 131 Å².